The molecule has 1 saturated heterocycles. The maximum atomic E-state index is 10.2. The van der Waals surface area contributed by atoms with Crippen LogP contribution < -0.4 is 16.4 Å². The summed E-state index contributed by atoms with van der Waals surface area (Å²) in [6.45, 7) is 3.68. The quantitative estimate of drug-likeness (QED) is 0.562. The van der Waals surface area contributed by atoms with E-state index in [2.05, 4.69) is 16.5 Å². The van der Waals surface area contributed by atoms with Crippen molar-refractivity contribution in [2.24, 2.45) is 0 Å². The molecule has 21 heavy (non-hydrogen) atoms. The zero-order valence-corrected chi connectivity index (χ0v) is 12.4. The Kier molecular flexibility index (Phi) is 4.88. The highest BCUT2D eigenvalue weighted by atomic mass is 32.2. The smallest absolute Gasteiger partial charge is 0.163 e. The molecule has 1 aromatic heterocycles. The third-order valence-electron chi connectivity index (χ3n) is 3.28. The Hall–Kier alpha value is -1.55. The molecule has 0 bridgehead atoms. The SMILES string of the molecule is C=CN(c1c(N)ncnc1N)C1OC(CSC)C(O)C1O. The third-order valence-corrected chi connectivity index (χ3v) is 3.94. The van der Waals surface area contributed by atoms with Gasteiger partial charge in [0.15, 0.2) is 17.9 Å². The minimum atomic E-state index is -1.13. The molecule has 0 radical (unpaired) electrons. The lowest BCUT2D eigenvalue weighted by Gasteiger charge is -2.29. The second-order valence-electron chi connectivity index (χ2n) is 4.58. The average Bonchev–Trinajstić information content (AvgIpc) is 2.72. The van der Waals surface area contributed by atoms with Gasteiger partial charge in [-0.3, -0.25) is 0 Å². The lowest BCUT2D eigenvalue weighted by molar-refractivity contribution is 0.0216. The summed E-state index contributed by atoms with van der Waals surface area (Å²) in [5.74, 6) is 0.831. The summed E-state index contributed by atoms with van der Waals surface area (Å²) in [4.78, 5) is 9.19. The van der Waals surface area contributed by atoms with Crippen molar-refractivity contribution < 1.29 is 14.9 Å². The van der Waals surface area contributed by atoms with E-state index in [0.717, 1.165) is 0 Å². The van der Waals surface area contributed by atoms with Crippen LogP contribution in [0.4, 0.5) is 17.3 Å². The van der Waals surface area contributed by atoms with Crippen LogP contribution in [0.15, 0.2) is 19.1 Å². The zero-order chi connectivity index (χ0) is 15.6. The van der Waals surface area contributed by atoms with Crippen LogP contribution in [0.2, 0.25) is 0 Å². The van der Waals surface area contributed by atoms with Gasteiger partial charge in [0, 0.05) is 5.75 Å². The maximum Gasteiger partial charge on any atom is 0.163 e. The molecule has 0 amide bonds. The van der Waals surface area contributed by atoms with Gasteiger partial charge in [-0.05, 0) is 12.5 Å². The van der Waals surface area contributed by atoms with Crippen LogP contribution >= 0.6 is 11.8 Å². The van der Waals surface area contributed by atoms with E-state index in [-0.39, 0.29) is 11.6 Å². The fourth-order valence-electron chi connectivity index (χ4n) is 2.25. The lowest BCUT2D eigenvalue weighted by Crippen LogP contribution is -2.42. The Labute approximate surface area is 126 Å². The number of nitrogens with zero attached hydrogens (tertiary/aromatic N) is 3. The molecular weight excluding hydrogens is 294 g/mol. The average molecular weight is 313 g/mol. The molecule has 1 aliphatic rings. The van der Waals surface area contributed by atoms with Gasteiger partial charge in [0.25, 0.3) is 0 Å². The van der Waals surface area contributed by atoms with Crippen LogP contribution in [-0.2, 0) is 4.74 Å². The van der Waals surface area contributed by atoms with Gasteiger partial charge in [0.05, 0.1) is 6.10 Å². The number of nitrogens with two attached hydrogens (primary N) is 2. The number of anilines is 3. The van der Waals surface area contributed by atoms with Crippen LogP contribution in [0.3, 0.4) is 0 Å². The van der Waals surface area contributed by atoms with Crippen LogP contribution in [0.25, 0.3) is 0 Å². The molecule has 8 nitrogen and oxygen atoms in total. The number of thioether (sulfide) groups is 1. The van der Waals surface area contributed by atoms with Gasteiger partial charge < -0.3 is 31.3 Å². The lowest BCUT2D eigenvalue weighted by atomic mass is 10.1. The molecule has 9 heteroatoms. The number of nitrogen functional groups attached to an aromatic ring is 2. The summed E-state index contributed by atoms with van der Waals surface area (Å²) in [7, 11) is 0. The fourth-order valence-corrected chi connectivity index (χ4v) is 2.86. The van der Waals surface area contributed by atoms with Gasteiger partial charge in [-0.25, -0.2) is 9.97 Å². The molecule has 0 saturated carbocycles. The van der Waals surface area contributed by atoms with Crippen molar-refractivity contribution in [1.29, 1.82) is 0 Å². The van der Waals surface area contributed by atoms with Gasteiger partial charge >= 0.3 is 0 Å². The van der Waals surface area contributed by atoms with Gasteiger partial charge in [0.2, 0.25) is 0 Å². The van der Waals surface area contributed by atoms with Crippen molar-refractivity contribution in [3.8, 4) is 0 Å². The van der Waals surface area contributed by atoms with E-state index in [4.69, 9.17) is 16.2 Å². The van der Waals surface area contributed by atoms with Crippen molar-refractivity contribution in [3.63, 3.8) is 0 Å². The first kappa shape index (κ1) is 15.8. The number of aliphatic hydroxyl groups is 2. The van der Waals surface area contributed by atoms with E-state index in [1.54, 1.807) is 0 Å². The monoisotopic (exact) mass is 313 g/mol. The van der Waals surface area contributed by atoms with Gasteiger partial charge in [-0.2, -0.15) is 11.8 Å². The number of rotatable bonds is 5. The minimum absolute atomic E-state index is 0.140. The van der Waals surface area contributed by atoms with Crippen molar-refractivity contribution in [3.05, 3.63) is 19.1 Å². The predicted octanol–water partition coefficient (Wildman–Crippen LogP) is -0.599. The van der Waals surface area contributed by atoms with E-state index in [1.165, 1.54) is 29.2 Å². The molecule has 4 unspecified atom stereocenters. The number of hydrogen-bond donors (Lipinski definition) is 4. The predicted molar refractivity (Wildman–Crippen MR) is 82.6 cm³/mol. The molecule has 2 heterocycles. The Balaban J connectivity index is 2.32. The maximum absolute atomic E-state index is 10.2. The summed E-state index contributed by atoms with van der Waals surface area (Å²) in [5, 5.41) is 20.2. The van der Waals surface area contributed by atoms with E-state index in [9.17, 15) is 10.2 Å². The first-order valence-corrected chi connectivity index (χ1v) is 7.68. The fraction of sp³-hybridized carbons (Fsp3) is 0.500. The first-order chi connectivity index (χ1) is 10.0. The van der Waals surface area contributed by atoms with Crippen LogP contribution in [-0.4, -0.2) is 56.7 Å². The van der Waals surface area contributed by atoms with Crippen molar-refractivity contribution in [2.75, 3.05) is 28.4 Å². The highest BCUT2D eigenvalue weighted by Gasteiger charge is 2.45. The van der Waals surface area contributed by atoms with E-state index in [1.807, 2.05) is 6.26 Å². The van der Waals surface area contributed by atoms with Crippen molar-refractivity contribution in [2.45, 2.75) is 24.5 Å². The number of ether oxygens (including phenoxy) is 1. The Morgan fingerprint density at radius 2 is 2.00 bits per heavy atom. The summed E-state index contributed by atoms with van der Waals surface area (Å²) < 4.78 is 5.71. The molecule has 6 N–H and O–H groups in total. The normalized spacial score (nSPS) is 28.5. The topological polar surface area (TPSA) is 131 Å². The first-order valence-electron chi connectivity index (χ1n) is 6.28. The summed E-state index contributed by atoms with van der Waals surface area (Å²) in [5.41, 5.74) is 11.9. The zero-order valence-electron chi connectivity index (χ0n) is 11.6. The second kappa shape index (κ2) is 6.48. The number of aromatic nitrogens is 2. The van der Waals surface area contributed by atoms with Gasteiger partial charge in [-0.15, -0.1) is 0 Å². The van der Waals surface area contributed by atoms with E-state index >= 15 is 0 Å². The molecule has 0 aliphatic carbocycles. The highest BCUT2D eigenvalue weighted by molar-refractivity contribution is 7.98. The third kappa shape index (κ3) is 2.91. The Morgan fingerprint density at radius 3 is 2.52 bits per heavy atom. The van der Waals surface area contributed by atoms with Crippen LogP contribution in [0.5, 0.6) is 0 Å². The molecular formula is C12H19N5O3S. The van der Waals surface area contributed by atoms with E-state index < -0.39 is 24.5 Å². The Bertz CT molecular complexity index is 497. The summed E-state index contributed by atoms with van der Waals surface area (Å²) in [6, 6.07) is 0. The largest absolute Gasteiger partial charge is 0.387 e. The number of aliphatic hydroxyl groups excluding tert-OH is 2. The molecule has 2 rings (SSSR count). The molecule has 4 atom stereocenters. The summed E-state index contributed by atoms with van der Waals surface area (Å²) in [6.07, 6.45) is 1.07. The molecule has 116 valence electrons. The summed E-state index contributed by atoms with van der Waals surface area (Å²) >= 11 is 1.51. The van der Waals surface area contributed by atoms with Crippen molar-refractivity contribution in [1.82, 2.24) is 9.97 Å². The molecule has 1 aliphatic heterocycles. The van der Waals surface area contributed by atoms with E-state index in [0.29, 0.717) is 11.4 Å². The molecule has 1 aromatic rings. The molecule has 0 spiro atoms. The van der Waals surface area contributed by atoms with Crippen LogP contribution in [0.1, 0.15) is 0 Å². The van der Waals surface area contributed by atoms with Crippen LogP contribution in [0, 0.1) is 0 Å². The standard InChI is InChI=1S/C12H19N5O3S/c1-3-17(7-10(13)15-5-16-11(7)14)12-9(19)8(18)6(20-12)4-21-2/h3,5-6,8-9,12,18-19H,1,4H2,2H3,(H4,13,14,15,16). The molecule has 1 fully saturated rings. The highest BCUT2D eigenvalue weighted by Crippen LogP contribution is 2.34. The van der Waals surface area contributed by atoms with Gasteiger partial charge in [-0.1, -0.05) is 6.58 Å². The Morgan fingerprint density at radius 1 is 1.38 bits per heavy atom. The molecule has 0 aromatic carbocycles. The van der Waals surface area contributed by atoms with Gasteiger partial charge in [0.1, 0.15) is 24.2 Å². The van der Waals surface area contributed by atoms with Crippen molar-refractivity contribution >= 4 is 29.1 Å². The second-order valence-corrected chi connectivity index (χ2v) is 5.49. The minimum Gasteiger partial charge on any atom is -0.387 e. The number of hydrogen-bond acceptors (Lipinski definition) is 9.